The second-order valence-electron chi connectivity index (χ2n) is 6.88. The molecule has 0 spiro atoms. The van der Waals surface area contributed by atoms with E-state index >= 15 is 0 Å². The third-order valence-electron chi connectivity index (χ3n) is 4.14. The van der Waals surface area contributed by atoms with E-state index in [0.29, 0.717) is 15.7 Å². The maximum absolute atomic E-state index is 4.27. The van der Waals surface area contributed by atoms with Crippen molar-refractivity contribution in [1.82, 2.24) is 0 Å². The Kier molecular flexibility index (Phi) is 7.06. The molecule has 102 valence electrons. The lowest BCUT2D eigenvalue weighted by Crippen LogP contribution is -2.17. The van der Waals surface area contributed by atoms with Gasteiger partial charge in [-0.2, -0.15) is 0 Å². The summed E-state index contributed by atoms with van der Waals surface area (Å²) in [6.45, 7) is 18.2. The molecule has 0 aromatic heterocycles. The zero-order valence-corrected chi connectivity index (χ0v) is 14.3. The van der Waals surface area contributed by atoms with Gasteiger partial charge in [0.2, 0.25) is 0 Å². The molecular formula is C16H31Br. The van der Waals surface area contributed by atoms with Crippen molar-refractivity contribution in [3.8, 4) is 0 Å². The van der Waals surface area contributed by atoms with Gasteiger partial charge in [-0.05, 0) is 30.1 Å². The van der Waals surface area contributed by atoms with Crippen molar-refractivity contribution in [3.63, 3.8) is 0 Å². The lowest BCUT2D eigenvalue weighted by Gasteiger charge is -2.28. The van der Waals surface area contributed by atoms with Gasteiger partial charge in [-0.15, -0.1) is 0 Å². The Bertz CT molecular complexity index is 238. The molecule has 0 fully saturated rings. The first-order valence-corrected chi connectivity index (χ1v) is 7.87. The van der Waals surface area contributed by atoms with E-state index in [1.54, 1.807) is 0 Å². The molecule has 0 aromatic rings. The summed E-state index contributed by atoms with van der Waals surface area (Å²) in [5.41, 5.74) is 2.22. The van der Waals surface area contributed by atoms with Crippen LogP contribution in [0.4, 0.5) is 0 Å². The van der Waals surface area contributed by atoms with Gasteiger partial charge in [0.25, 0.3) is 0 Å². The van der Waals surface area contributed by atoms with Crippen LogP contribution in [0, 0.1) is 10.8 Å². The van der Waals surface area contributed by atoms with Gasteiger partial charge in [0.05, 0.1) is 0 Å². The predicted molar refractivity (Wildman–Crippen MR) is 83.9 cm³/mol. The number of hydrogen-bond acceptors (Lipinski definition) is 0. The van der Waals surface area contributed by atoms with Crippen LogP contribution in [-0.4, -0.2) is 4.83 Å². The Morgan fingerprint density at radius 2 is 1.53 bits per heavy atom. The number of alkyl halides is 1. The smallest absolute Gasteiger partial charge is 0.0352 e. The maximum Gasteiger partial charge on any atom is 0.0352 e. The lowest BCUT2D eigenvalue weighted by atomic mass is 9.80. The number of allylic oxidation sites excluding steroid dienone is 1. The quantitative estimate of drug-likeness (QED) is 0.362. The summed E-state index contributed by atoms with van der Waals surface area (Å²) in [6.07, 6.45) is 6.07. The molecular weight excluding hydrogens is 272 g/mol. The first-order chi connectivity index (χ1) is 7.63. The van der Waals surface area contributed by atoms with Gasteiger partial charge in [0.1, 0.15) is 0 Å². The standard InChI is InChI=1S/C16H31Br/c1-8-15(4,5)11-10-14(17)13(3)12-16(6,7)9-2/h14H,3,8-12H2,1-2,4-7H3. The largest absolute Gasteiger partial charge is 0.0987 e. The van der Waals surface area contributed by atoms with Gasteiger partial charge in [0, 0.05) is 4.83 Å². The van der Waals surface area contributed by atoms with Crippen LogP contribution in [0.15, 0.2) is 12.2 Å². The Labute approximate surface area is 117 Å². The molecule has 0 nitrogen and oxygen atoms in total. The molecule has 1 heteroatoms. The molecule has 0 radical (unpaired) electrons. The van der Waals surface area contributed by atoms with Gasteiger partial charge < -0.3 is 0 Å². The van der Waals surface area contributed by atoms with Crippen molar-refractivity contribution in [2.45, 2.75) is 78.5 Å². The minimum absolute atomic E-state index is 0.392. The summed E-state index contributed by atoms with van der Waals surface area (Å²) in [6, 6.07) is 0. The van der Waals surface area contributed by atoms with Crippen molar-refractivity contribution in [2.75, 3.05) is 0 Å². The molecule has 0 aliphatic heterocycles. The molecule has 1 atom stereocenters. The highest BCUT2D eigenvalue weighted by atomic mass is 79.9. The fraction of sp³-hybridized carbons (Fsp3) is 0.875. The lowest BCUT2D eigenvalue weighted by molar-refractivity contribution is 0.309. The second kappa shape index (κ2) is 6.97. The Morgan fingerprint density at radius 1 is 1.06 bits per heavy atom. The van der Waals surface area contributed by atoms with Crippen LogP contribution < -0.4 is 0 Å². The summed E-state index contributed by atoms with van der Waals surface area (Å²) < 4.78 is 0. The van der Waals surface area contributed by atoms with E-state index in [4.69, 9.17) is 0 Å². The summed E-state index contributed by atoms with van der Waals surface area (Å²) in [7, 11) is 0. The normalized spacial score (nSPS) is 14.8. The molecule has 0 saturated carbocycles. The van der Waals surface area contributed by atoms with Crippen LogP contribution >= 0.6 is 15.9 Å². The van der Waals surface area contributed by atoms with Gasteiger partial charge in [-0.3, -0.25) is 0 Å². The minimum atomic E-state index is 0.392. The molecule has 0 saturated heterocycles. The van der Waals surface area contributed by atoms with Gasteiger partial charge in [0.15, 0.2) is 0 Å². The van der Waals surface area contributed by atoms with Crippen molar-refractivity contribution < 1.29 is 0 Å². The van der Waals surface area contributed by atoms with Gasteiger partial charge >= 0.3 is 0 Å². The molecule has 0 heterocycles. The topological polar surface area (TPSA) is 0 Å². The number of halogens is 1. The first-order valence-electron chi connectivity index (χ1n) is 6.95. The van der Waals surface area contributed by atoms with Gasteiger partial charge in [-0.1, -0.05) is 82.5 Å². The molecule has 0 N–H and O–H groups in total. The molecule has 0 bridgehead atoms. The molecule has 0 amide bonds. The van der Waals surface area contributed by atoms with Crippen molar-refractivity contribution >= 4 is 15.9 Å². The van der Waals surface area contributed by atoms with Crippen LogP contribution in [0.5, 0.6) is 0 Å². The highest BCUT2D eigenvalue weighted by Gasteiger charge is 2.22. The average molecular weight is 303 g/mol. The first kappa shape index (κ1) is 17.2. The zero-order valence-electron chi connectivity index (χ0n) is 12.7. The fourth-order valence-corrected chi connectivity index (χ4v) is 2.14. The van der Waals surface area contributed by atoms with Crippen molar-refractivity contribution in [3.05, 3.63) is 12.2 Å². The highest BCUT2D eigenvalue weighted by Crippen LogP contribution is 2.35. The molecule has 0 aliphatic carbocycles. The van der Waals surface area contributed by atoms with Crippen LogP contribution in [0.25, 0.3) is 0 Å². The Hall–Kier alpha value is 0.220. The maximum atomic E-state index is 4.27. The summed E-state index contributed by atoms with van der Waals surface area (Å²) in [4.78, 5) is 0.485. The SMILES string of the molecule is C=C(CC(C)(C)CC)C(Br)CCC(C)(C)CC. The molecule has 1 unspecified atom stereocenters. The number of hydrogen-bond donors (Lipinski definition) is 0. The van der Waals surface area contributed by atoms with E-state index in [9.17, 15) is 0 Å². The zero-order chi connectivity index (χ0) is 13.7. The average Bonchev–Trinajstić information content (AvgIpc) is 2.25. The van der Waals surface area contributed by atoms with Crippen molar-refractivity contribution in [1.29, 1.82) is 0 Å². The molecule has 0 aliphatic rings. The van der Waals surface area contributed by atoms with Crippen LogP contribution in [0.2, 0.25) is 0 Å². The Balaban J connectivity index is 4.16. The van der Waals surface area contributed by atoms with Crippen LogP contribution in [0.1, 0.15) is 73.6 Å². The number of rotatable bonds is 8. The van der Waals surface area contributed by atoms with Crippen LogP contribution in [0.3, 0.4) is 0 Å². The second-order valence-corrected chi connectivity index (χ2v) is 7.98. The van der Waals surface area contributed by atoms with E-state index in [1.807, 2.05) is 0 Å². The van der Waals surface area contributed by atoms with E-state index in [-0.39, 0.29) is 0 Å². The van der Waals surface area contributed by atoms with E-state index in [0.717, 1.165) is 6.42 Å². The van der Waals surface area contributed by atoms with Gasteiger partial charge in [-0.25, -0.2) is 0 Å². The monoisotopic (exact) mass is 302 g/mol. The third kappa shape index (κ3) is 7.28. The summed E-state index contributed by atoms with van der Waals surface area (Å²) in [5.74, 6) is 0. The van der Waals surface area contributed by atoms with Crippen LogP contribution in [-0.2, 0) is 0 Å². The molecule has 17 heavy (non-hydrogen) atoms. The van der Waals surface area contributed by atoms with Crippen molar-refractivity contribution in [2.24, 2.45) is 10.8 Å². The minimum Gasteiger partial charge on any atom is -0.0987 e. The van der Waals surface area contributed by atoms with E-state index in [1.165, 1.54) is 31.3 Å². The van der Waals surface area contributed by atoms with E-state index in [2.05, 4.69) is 64.1 Å². The summed E-state index contributed by atoms with van der Waals surface area (Å²) >= 11 is 3.81. The molecule has 0 aromatic carbocycles. The molecule has 0 rings (SSSR count). The highest BCUT2D eigenvalue weighted by molar-refractivity contribution is 9.09. The van der Waals surface area contributed by atoms with E-state index < -0.39 is 0 Å². The third-order valence-corrected chi connectivity index (χ3v) is 5.24. The summed E-state index contributed by atoms with van der Waals surface area (Å²) in [5, 5.41) is 0. The predicted octanol–water partition coefficient (Wildman–Crippen LogP) is 6.35. The fourth-order valence-electron chi connectivity index (χ4n) is 1.75. The Morgan fingerprint density at radius 3 is 1.94 bits per heavy atom.